The molecule has 0 N–H and O–H groups in total. The molecule has 0 saturated carbocycles. The normalized spacial score (nSPS) is 15.1. The van der Waals surface area contributed by atoms with E-state index >= 15 is 0 Å². The maximum absolute atomic E-state index is 12.8. The first-order valence-corrected chi connectivity index (χ1v) is 9.93. The Bertz CT molecular complexity index is 979. The van der Waals surface area contributed by atoms with Crippen molar-refractivity contribution in [3.63, 3.8) is 0 Å². The Hall–Kier alpha value is -2.37. The van der Waals surface area contributed by atoms with Crippen LogP contribution in [0.15, 0.2) is 46.9 Å². The molecule has 5 nitrogen and oxygen atoms in total. The average molecular weight is 399 g/mol. The Labute approximate surface area is 169 Å². The van der Waals surface area contributed by atoms with Gasteiger partial charge in [-0.15, -0.1) is 0 Å². The lowest BCUT2D eigenvalue weighted by molar-refractivity contribution is 0.0497. The summed E-state index contributed by atoms with van der Waals surface area (Å²) in [5.74, 6) is 1.11. The van der Waals surface area contributed by atoms with E-state index in [2.05, 4.69) is 4.98 Å². The minimum Gasteiger partial charge on any atom is -0.440 e. The maximum Gasteiger partial charge on any atom is 0.253 e. The molecule has 0 bridgehead atoms. The highest BCUT2D eigenvalue weighted by Crippen LogP contribution is 2.22. The molecule has 1 aliphatic heterocycles. The molecule has 1 amide bonds. The van der Waals surface area contributed by atoms with Crippen molar-refractivity contribution in [3.8, 4) is 0 Å². The smallest absolute Gasteiger partial charge is 0.253 e. The summed E-state index contributed by atoms with van der Waals surface area (Å²) in [5.41, 5.74) is 3.03. The molecule has 1 aromatic heterocycles. The zero-order valence-electron chi connectivity index (χ0n) is 15.9. The highest BCUT2D eigenvalue weighted by Gasteiger charge is 2.20. The van der Waals surface area contributed by atoms with E-state index in [-0.39, 0.29) is 5.91 Å². The third-order valence-electron chi connectivity index (χ3n) is 5.14. The second-order valence-electron chi connectivity index (χ2n) is 7.34. The lowest BCUT2D eigenvalue weighted by atomic mass is 9.99. The Morgan fingerprint density at radius 2 is 2.04 bits per heavy atom. The first kappa shape index (κ1) is 19.0. The fourth-order valence-corrected chi connectivity index (χ4v) is 3.83. The summed E-state index contributed by atoms with van der Waals surface area (Å²) in [4.78, 5) is 19.1. The van der Waals surface area contributed by atoms with Crippen molar-refractivity contribution >= 4 is 28.6 Å². The van der Waals surface area contributed by atoms with Crippen molar-refractivity contribution in [2.45, 2.75) is 19.3 Å². The lowest BCUT2D eigenvalue weighted by Crippen LogP contribution is -2.34. The van der Waals surface area contributed by atoms with Crippen LogP contribution in [-0.2, 0) is 11.2 Å². The number of nitrogens with zero attached hydrogens (tertiary/aromatic N) is 2. The van der Waals surface area contributed by atoms with E-state index in [0.29, 0.717) is 34.4 Å². The van der Waals surface area contributed by atoms with E-state index in [1.165, 1.54) is 0 Å². The Morgan fingerprint density at radius 1 is 1.21 bits per heavy atom. The van der Waals surface area contributed by atoms with Crippen LogP contribution >= 0.6 is 11.6 Å². The average Bonchev–Trinajstić information content (AvgIpc) is 3.09. The molecule has 1 saturated heterocycles. The van der Waals surface area contributed by atoms with E-state index in [1.807, 2.05) is 43.4 Å². The number of hydrogen-bond donors (Lipinski definition) is 0. The molecule has 28 heavy (non-hydrogen) atoms. The van der Waals surface area contributed by atoms with Crippen LogP contribution in [0.25, 0.3) is 11.1 Å². The van der Waals surface area contributed by atoms with Crippen molar-refractivity contribution in [2.75, 3.05) is 26.8 Å². The standard InChI is InChI=1S/C22H23ClN2O3/c1-25(14-15-7-9-27-10-8-15)22(26)17-5-6-19-20(13-17)28-21(24-19)12-16-3-2-4-18(23)11-16/h2-6,11,13,15H,7-10,12,14H2,1H3. The van der Waals surface area contributed by atoms with Crippen molar-refractivity contribution in [1.82, 2.24) is 9.88 Å². The number of halogens is 1. The Morgan fingerprint density at radius 3 is 2.82 bits per heavy atom. The van der Waals surface area contributed by atoms with E-state index in [0.717, 1.165) is 43.7 Å². The number of carbonyl (C=O) groups excluding carboxylic acids is 1. The highest BCUT2D eigenvalue weighted by molar-refractivity contribution is 6.30. The number of rotatable bonds is 5. The van der Waals surface area contributed by atoms with Crippen LogP contribution in [0.3, 0.4) is 0 Å². The van der Waals surface area contributed by atoms with Gasteiger partial charge < -0.3 is 14.1 Å². The summed E-state index contributed by atoms with van der Waals surface area (Å²) in [6.45, 7) is 2.31. The summed E-state index contributed by atoms with van der Waals surface area (Å²) >= 11 is 6.04. The molecule has 4 rings (SSSR count). The summed E-state index contributed by atoms with van der Waals surface area (Å²) < 4.78 is 11.3. The van der Waals surface area contributed by atoms with E-state index in [1.54, 1.807) is 11.0 Å². The number of hydrogen-bond acceptors (Lipinski definition) is 4. The van der Waals surface area contributed by atoms with Crippen molar-refractivity contribution in [2.24, 2.45) is 5.92 Å². The van der Waals surface area contributed by atoms with Gasteiger partial charge in [-0.3, -0.25) is 4.79 Å². The van der Waals surface area contributed by atoms with Gasteiger partial charge in [0.15, 0.2) is 11.5 Å². The fraction of sp³-hybridized carbons (Fsp3) is 0.364. The second kappa shape index (κ2) is 8.33. The molecule has 0 spiro atoms. The molecule has 3 aromatic rings. The van der Waals surface area contributed by atoms with Crippen LogP contribution in [0, 0.1) is 5.92 Å². The number of aromatic nitrogens is 1. The third-order valence-corrected chi connectivity index (χ3v) is 5.38. The zero-order chi connectivity index (χ0) is 19.5. The predicted molar refractivity (Wildman–Crippen MR) is 109 cm³/mol. The van der Waals surface area contributed by atoms with Crippen molar-refractivity contribution < 1.29 is 13.9 Å². The fourth-order valence-electron chi connectivity index (χ4n) is 3.62. The molecule has 1 aliphatic rings. The molecule has 6 heteroatoms. The van der Waals surface area contributed by atoms with Gasteiger partial charge in [0.1, 0.15) is 5.52 Å². The van der Waals surface area contributed by atoms with Gasteiger partial charge in [-0.25, -0.2) is 4.98 Å². The molecule has 0 radical (unpaired) electrons. The first-order valence-electron chi connectivity index (χ1n) is 9.55. The van der Waals surface area contributed by atoms with Crippen molar-refractivity contribution in [1.29, 1.82) is 0 Å². The van der Waals surface area contributed by atoms with Crippen LogP contribution in [0.5, 0.6) is 0 Å². The molecule has 1 fully saturated rings. The van der Waals surface area contributed by atoms with Crippen LogP contribution < -0.4 is 0 Å². The number of benzene rings is 2. The highest BCUT2D eigenvalue weighted by atomic mass is 35.5. The van der Waals surface area contributed by atoms with E-state index < -0.39 is 0 Å². The lowest BCUT2D eigenvalue weighted by Gasteiger charge is -2.27. The topological polar surface area (TPSA) is 55.6 Å². The maximum atomic E-state index is 12.8. The molecular weight excluding hydrogens is 376 g/mol. The molecule has 0 unspecified atom stereocenters. The van der Waals surface area contributed by atoms with Gasteiger partial charge in [-0.1, -0.05) is 23.7 Å². The van der Waals surface area contributed by atoms with Crippen molar-refractivity contribution in [3.05, 3.63) is 64.5 Å². The monoisotopic (exact) mass is 398 g/mol. The van der Waals surface area contributed by atoms with Gasteiger partial charge in [0.25, 0.3) is 5.91 Å². The number of fused-ring (bicyclic) bond motifs is 1. The molecule has 2 aromatic carbocycles. The summed E-state index contributed by atoms with van der Waals surface area (Å²) in [5, 5.41) is 0.689. The second-order valence-corrected chi connectivity index (χ2v) is 7.77. The first-order chi connectivity index (χ1) is 13.6. The van der Waals surface area contributed by atoms with E-state index in [9.17, 15) is 4.79 Å². The Balaban J connectivity index is 1.48. The van der Waals surface area contributed by atoms with Gasteiger partial charge in [0.2, 0.25) is 0 Å². The molecule has 2 heterocycles. The van der Waals surface area contributed by atoms with E-state index in [4.69, 9.17) is 20.8 Å². The number of carbonyl (C=O) groups is 1. The Kier molecular flexibility index (Phi) is 5.64. The zero-order valence-corrected chi connectivity index (χ0v) is 16.6. The molecule has 146 valence electrons. The van der Waals surface area contributed by atoms with Gasteiger partial charge in [0, 0.05) is 43.8 Å². The van der Waals surface area contributed by atoms with Crippen LogP contribution in [0.2, 0.25) is 5.02 Å². The number of oxazole rings is 1. The number of amides is 1. The van der Waals surface area contributed by atoms with Gasteiger partial charge >= 0.3 is 0 Å². The SMILES string of the molecule is CN(CC1CCOCC1)C(=O)c1ccc2nc(Cc3cccc(Cl)c3)oc2c1. The quantitative estimate of drug-likeness (QED) is 0.631. The summed E-state index contributed by atoms with van der Waals surface area (Å²) in [6, 6.07) is 13.1. The number of ether oxygens (including phenoxy) is 1. The molecular formula is C22H23ClN2O3. The largest absolute Gasteiger partial charge is 0.440 e. The molecule has 0 atom stereocenters. The predicted octanol–water partition coefficient (Wildman–Crippen LogP) is 4.57. The molecule has 0 aliphatic carbocycles. The van der Waals surface area contributed by atoms with Gasteiger partial charge in [-0.05, 0) is 54.7 Å². The summed E-state index contributed by atoms with van der Waals surface area (Å²) in [7, 11) is 1.85. The minimum atomic E-state index is 0.00110. The minimum absolute atomic E-state index is 0.00110. The van der Waals surface area contributed by atoms with Crippen LogP contribution in [0.1, 0.15) is 34.7 Å². The van der Waals surface area contributed by atoms with Crippen LogP contribution in [-0.4, -0.2) is 42.6 Å². The third kappa shape index (κ3) is 4.37. The van der Waals surface area contributed by atoms with Crippen LogP contribution in [0.4, 0.5) is 0 Å². The summed E-state index contributed by atoms with van der Waals surface area (Å²) in [6.07, 6.45) is 2.57. The van der Waals surface area contributed by atoms with Gasteiger partial charge in [-0.2, -0.15) is 0 Å². The van der Waals surface area contributed by atoms with Gasteiger partial charge in [0.05, 0.1) is 0 Å².